The minimum absolute atomic E-state index is 0.125. The number of rotatable bonds is 7. The molecule has 23 heavy (non-hydrogen) atoms. The van der Waals surface area contributed by atoms with E-state index in [1.54, 1.807) is 0 Å². The first kappa shape index (κ1) is 18.4. The minimum atomic E-state index is 0.125. The number of carbonyl (C=O) groups is 1. The van der Waals surface area contributed by atoms with Gasteiger partial charge in [0.15, 0.2) is 0 Å². The third-order valence-electron chi connectivity index (χ3n) is 4.37. The summed E-state index contributed by atoms with van der Waals surface area (Å²) in [6, 6.07) is 8.45. The van der Waals surface area contributed by atoms with E-state index >= 15 is 0 Å². The zero-order valence-corrected chi connectivity index (χ0v) is 15.6. The molecule has 1 atom stereocenters. The van der Waals surface area contributed by atoms with Crippen LogP contribution in [0.15, 0.2) is 28.7 Å². The fourth-order valence-electron chi connectivity index (χ4n) is 2.95. The van der Waals surface area contributed by atoms with Crippen LogP contribution in [0.25, 0.3) is 0 Å². The van der Waals surface area contributed by atoms with Crippen LogP contribution in [-0.4, -0.2) is 49.7 Å². The van der Waals surface area contributed by atoms with Crippen molar-refractivity contribution in [1.82, 2.24) is 10.2 Å². The average molecular weight is 383 g/mol. The number of nitrogens with one attached hydrogen (secondary N) is 1. The van der Waals surface area contributed by atoms with E-state index in [1.165, 1.54) is 5.56 Å². The van der Waals surface area contributed by atoms with Crippen molar-refractivity contribution < 1.29 is 9.53 Å². The Balaban J connectivity index is 1.78. The number of ether oxygens (including phenoxy) is 1. The first-order valence-electron chi connectivity index (χ1n) is 8.40. The van der Waals surface area contributed by atoms with Gasteiger partial charge >= 0.3 is 0 Å². The van der Waals surface area contributed by atoms with Crippen molar-refractivity contribution in [2.45, 2.75) is 32.7 Å². The van der Waals surface area contributed by atoms with Crippen LogP contribution in [0.3, 0.4) is 0 Å². The van der Waals surface area contributed by atoms with Gasteiger partial charge in [0.25, 0.3) is 0 Å². The summed E-state index contributed by atoms with van der Waals surface area (Å²) in [6.07, 6.45) is 1.29. The van der Waals surface area contributed by atoms with Crippen LogP contribution in [0.4, 0.5) is 0 Å². The predicted molar refractivity (Wildman–Crippen MR) is 96.5 cm³/mol. The molecule has 1 aliphatic heterocycles. The molecule has 0 radical (unpaired) electrons. The Morgan fingerprint density at radius 3 is 2.65 bits per heavy atom. The van der Waals surface area contributed by atoms with Gasteiger partial charge in [-0.2, -0.15) is 0 Å². The van der Waals surface area contributed by atoms with Crippen molar-refractivity contribution in [2.24, 2.45) is 5.92 Å². The second-order valence-corrected chi connectivity index (χ2v) is 7.21. The highest BCUT2D eigenvalue weighted by atomic mass is 79.9. The van der Waals surface area contributed by atoms with Gasteiger partial charge in [0.2, 0.25) is 5.91 Å². The summed E-state index contributed by atoms with van der Waals surface area (Å²) in [6.45, 7) is 8.64. The van der Waals surface area contributed by atoms with E-state index in [-0.39, 0.29) is 5.91 Å². The smallest absolute Gasteiger partial charge is 0.220 e. The third-order valence-corrected chi connectivity index (χ3v) is 5.15. The van der Waals surface area contributed by atoms with Crippen molar-refractivity contribution >= 4 is 21.8 Å². The van der Waals surface area contributed by atoms with Crippen LogP contribution in [0, 0.1) is 5.92 Å². The van der Waals surface area contributed by atoms with Gasteiger partial charge in [-0.1, -0.05) is 48.0 Å². The van der Waals surface area contributed by atoms with Gasteiger partial charge in [-0.15, -0.1) is 0 Å². The molecule has 0 bridgehead atoms. The van der Waals surface area contributed by atoms with E-state index in [0.29, 0.717) is 24.9 Å². The summed E-state index contributed by atoms with van der Waals surface area (Å²) in [5.74, 6) is 0.635. The van der Waals surface area contributed by atoms with Gasteiger partial charge in [-0.3, -0.25) is 9.69 Å². The Morgan fingerprint density at radius 2 is 2.00 bits per heavy atom. The topological polar surface area (TPSA) is 41.6 Å². The maximum absolute atomic E-state index is 12.2. The van der Waals surface area contributed by atoms with Crippen molar-refractivity contribution in [3.05, 3.63) is 34.3 Å². The first-order chi connectivity index (χ1) is 11.1. The lowest BCUT2D eigenvalue weighted by atomic mass is 10.0. The molecular weight excluding hydrogens is 356 g/mol. The van der Waals surface area contributed by atoms with Crippen molar-refractivity contribution in [1.29, 1.82) is 0 Å². The van der Waals surface area contributed by atoms with Crippen LogP contribution in [-0.2, 0) is 16.0 Å². The molecule has 0 aromatic heterocycles. The van der Waals surface area contributed by atoms with Crippen LogP contribution < -0.4 is 5.32 Å². The van der Waals surface area contributed by atoms with E-state index < -0.39 is 0 Å². The van der Waals surface area contributed by atoms with E-state index in [4.69, 9.17) is 4.74 Å². The van der Waals surface area contributed by atoms with Crippen molar-refractivity contribution in [2.75, 3.05) is 32.8 Å². The van der Waals surface area contributed by atoms with Crippen LogP contribution in [0.2, 0.25) is 0 Å². The fourth-order valence-corrected chi connectivity index (χ4v) is 3.43. The Morgan fingerprint density at radius 1 is 1.30 bits per heavy atom. The zero-order valence-electron chi connectivity index (χ0n) is 14.1. The summed E-state index contributed by atoms with van der Waals surface area (Å²) in [7, 11) is 0. The molecule has 1 heterocycles. The lowest BCUT2D eigenvalue weighted by Gasteiger charge is -2.36. The molecule has 5 heteroatoms. The Bertz CT molecular complexity index is 502. The standard InChI is InChI=1S/C18H27BrN2O2/c1-14(2)17(21-9-11-23-12-10-21)13-20-18(22)8-7-15-5-3-4-6-16(15)19/h3-6,14,17H,7-13H2,1-2H3,(H,20,22). The number of nitrogens with zero attached hydrogens (tertiary/aromatic N) is 1. The second-order valence-electron chi connectivity index (χ2n) is 6.36. The molecule has 1 saturated heterocycles. The highest BCUT2D eigenvalue weighted by Crippen LogP contribution is 2.17. The monoisotopic (exact) mass is 382 g/mol. The molecule has 0 saturated carbocycles. The van der Waals surface area contributed by atoms with Crippen LogP contribution in [0.5, 0.6) is 0 Å². The summed E-state index contributed by atoms with van der Waals surface area (Å²) in [5, 5.41) is 3.11. The molecule has 1 fully saturated rings. The van der Waals surface area contributed by atoms with Crippen molar-refractivity contribution in [3.8, 4) is 0 Å². The number of halogens is 1. The molecule has 1 unspecified atom stereocenters. The Hall–Kier alpha value is -0.910. The first-order valence-corrected chi connectivity index (χ1v) is 9.19. The highest BCUT2D eigenvalue weighted by molar-refractivity contribution is 9.10. The van der Waals surface area contributed by atoms with E-state index in [1.807, 2.05) is 18.2 Å². The number of hydrogen-bond donors (Lipinski definition) is 1. The number of carbonyl (C=O) groups excluding carboxylic acids is 1. The second kappa shape index (κ2) is 9.40. The van der Waals surface area contributed by atoms with Crippen LogP contribution in [0.1, 0.15) is 25.8 Å². The summed E-state index contributed by atoms with van der Waals surface area (Å²) < 4.78 is 6.49. The third kappa shape index (κ3) is 5.90. The van der Waals surface area contributed by atoms with Gasteiger partial charge in [0.05, 0.1) is 13.2 Å². The van der Waals surface area contributed by atoms with Crippen molar-refractivity contribution in [3.63, 3.8) is 0 Å². The predicted octanol–water partition coefficient (Wildman–Crippen LogP) is 2.85. The average Bonchev–Trinajstić information content (AvgIpc) is 2.55. The molecule has 1 aliphatic rings. The maximum atomic E-state index is 12.2. The maximum Gasteiger partial charge on any atom is 0.220 e. The molecule has 0 aliphatic carbocycles. The van der Waals surface area contributed by atoms with Gasteiger partial charge in [-0.25, -0.2) is 0 Å². The lowest BCUT2D eigenvalue weighted by Crippen LogP contribution is -2.51. The number of morpholine rings is 1. The van der Waals surface area contributed by atoms with Gasteiger partial charge < -0.3 is 10.1 Å². The minimum Gasteiger partial charge on any atom is -0.379 e. The largest absolute Gasteiger partial charge is 0.379 e. The molecule has 128 valence electrons. The molecule has 1 aromatic rings. The molecule has 0 spiro atoms. The van der Waals surface area contributed by atoms with E-state index in [9.17, 15) is 4.79 Å². The van der Waals surface area contributed by atoms with Gasteiger partial charge in [-0.05, 0) is 24.0 Å². The number of benzene rings is 1. The molecule has 2 rings (SSSR count). The molecular formula is C18H27BrN2O2. The molecule has 1 aromatic carbocycles. The molecule has 1 amide bonds. The Kier molecular flexibility index (Phi) is 7.53. The molecule has 1 N–H and O–H groups in total. The quantitative estimate of drug-likeness (QED) is 0.787. The fraction of sp³-hybridized carbons (Fsp3) is 0.611. The summed E-state index contributed by atoms with van der Waals surface area (Å²) >= 11 is 3.53. The Labute approximate surface area is 147 Å². The number of amides is 1. The van der Waals surface area contributed by atoms with Crippen LogP contribution >= 0.6 is 15.9 Å². The number of hydrogen-bond acceptors (Lipinski definition) is 3. The van der Waals surface area contributed by atoms with Gasteiger partial charge in [0.1, 0.15) is 0 Å². The highest BCUT2D eigenvalue weighted by Gasteiger charge is 2.24. The van der Waals surface area contributed by atoms with E-state index in [0.717, 1.165) is 37.2 Å². The number of aryl methyl sites for hydroxylation is 1. The lowest BCUT2D eigenvalue weighted by molar-refractivity contribution is -0.121. The van der Waals surface area contributed by atoms with Gasteiger partial charge in [0, 0.05) is 36.6 Å². The summed E-state index contributed by atoms with van der Waals surface area (Å²) in [4.78, 5) is 14.6. The summed E-state index contributed by atoms with van der Waals surface area (Å²) in [5.41, 5.74) is 1.18. The zero-order chi connectivity index (χ0) is 16.7. The molecule has 4 nitrogen and oxygen atoms in total. The normalized spacial score (nSPS) is 17.2. The van der Waals surface area contributed by atoms with E-state index in [2.05, 4.69) is 46.1 Å². The SMILES string of the molecule is CC(C)C(CNC(=O)CCc1ccccc1Br)N1CCOCC1.